The molecule has 0 saturated heterocycles. The van der Waals surface area contributed by atoms with Crippen LogP contribution in [0.2, 0.25) is 0 Å². The van der Waals surface area contributed by atoms with E-state index in [9.17, 15) is 9.59 Å². The topological polar surface area (TPSA) is 76.7 Å². The first-order valence-corrected chi connectivity index (χ1v) is 10.9. The van der Waals surface area contributed by atoms with Gasteiger partial charge in [0.15, 0.2) is 11.5 Å². The van der Waals surface area contributed by atoms with Gasteiger partial charge in [0.1, 0.15) is 6.04 Å². The van der Waals surface area contributed by atoms with Crippen molar-refractivity contribution in [1.29, 1.82) is 0 Å². The van der Waals surface area contributed by atoms with Crippen molar-refractivity contribution in [3.8, 4) is 11.5 Å². The highest BCUT2D eigenvalue weighted by Crippen LogP contribution is 2.27. The smallest absolute Gasteiger partial charge is 0.251 e. The van der Waals surface area contributed by atoms with Crippen molar-refractivity contribution in [2.24, 2.45) is 0 Å². The van der Waals surface area contributed by atoms with Crippen LogP contribution in [0.15, 0.2) is 72.8 Å². The predicted molar refractivity (Wildman–Crippen MR) is 129 cm³/mol. The van der Waals surface area contributed by atoms with Crippen LogP contribution in [-0.2, 0) is 17.6 Å². The van der Waals surface area contributed by atoms with Crippen molar-refractivity contribution in [2.45, 2.75) is 25.8 Å². The summed E-state index contributed by atoms with van der Waals surface area (Å²) < 4.78 is 10.6. The lowest BCUT2D eigenvalue weighted by molar-refractivity contribution is -0.122. The highest BCUT2D eigenvalue weighted by molar-refractivity contribution is 5.97. The third kappa shape index (κ3) is 6.84. The number of amides is 2. The Morgan fingerprint density at radius 1 is 0.848 bits per heavy atom. The van der Waals surface area contributed by atoms with Gasteiger partial charge in [-0.2, -0.15) is 0 Å². The maximum absolute atomic E-state index is 13.0. The molecule has 0 aliphatic heterocycles. The molecule has 1 unspecified atom stereocenters. The fourth-order valence-electron chi connectivity index (χ4n) is 3.49. The zero-order valence-corrected chi connectivity index (χ0v) is 19.3. The van der Waals surface area contributed by atoms with Crippen LogP contribution in [0, 0.1) is 6.92 Å². The molecule has 0 aliphatic carbocycles. The quantitative estimate of drug-likeness (QED) is 0.498. The van der Waals surface area contributed by atoms with Crippen molar-refractivity contribution < 1.29 is 19.1 Å². The van der Waals surface area contributed by atoms with E-state index in [-0.39, 0.29) is 11.8 Å². The molecule has 3 aromatic carbocycles. The monoisotopic (exact) mass is 446 g/mol. The Morgan fingerprint density at radius 3 is 2.21 bits per heavy atom. The second-order valence-corrected chi connectivity index (χ2v) is 7.81. The number of methoxy groups -OCH3 is 2. The van der Waals surface area contributed by atoms with E-state index < -0.39 is 6.04 Å². The maximum Gasteiger partial charge on any atom is 0.251 e. The Kier molecular flexibility index (Phi) is 8.47. The minimum Gasteiger partial charge on any atom is -0.493 e. The Balaban J connectivity index is 1.65. The lowest BCUT2D eigenvalue weighted by atomic mass is 10.0. The zero-order valence-electron chi connectivity index (χ0n) is 19.3. The van der Waals surface area contributed by atoms with Crippen LogP contribution in [0.25, 0.3) is 0 Å². The molecule has 33 heavy (non-hydrogen) atoms. The molecule has 1 atom stereocenters. The van der Waals surface area contributed by atoms with E-state index in [4.69, 9.17) is 9.47 Å². The molecule has 172 valence electrons. The van der Waals surface area contributed by atoms with Gasteiger partial charge in [-0.25, -0.2) is 0 Å². The van der Waals surface area contributed by atoms with Gasteiger partial charge in [-0.15, -0.1) is 0 Å². The number of aryl methyl sites for hydroxylation is 1. The number of benzene rings is 3. The van der Waals surface area contributed by atoms with Gasteiger partial charge < -0.3 is 20.1 Å². The van der Waals surface area contributed by atoms with Gasteiger partial charge in [0.25, 0.3) is 5.91 Å². The molecule has 6 heteroatoms. The fourth-order valence-corrected chi connectivity index (χ4v) is 3.49. The average molecular weight is 447 g/mol. The number of nitrogens with one attached hydrogen (secondary N) is 2. The number of carbonyl (C=O) groups excluding carboxylic acids is 2. The van der Waals surface area contributed by atoms with E-state index in [1.54, 1.807) is 26.4 Å². The molecule has 3 aromatic rings. The first-order valence-electron chi connectivity index (χ1n) is 10.9. The Hall–Kier alpha value is -3.80. The second-order valence-electron chi connectivity index (χ2n) is 7.81. The largest absolute Gasteiger partial charge is 0.493 e. The van der Waals surface area contributed by atoms with E-state index in [1.165, 1.54) is 0 Å². The molecule has 0 heterocycles. The number of rotatable bonds is 10. The van der Waals surface area contributed by atoms with Crippen LogP contribution < -0.4 is 20.1 Å². The number of ether oxygens (including phenoxy) is 2. The lowest BCUT2D eigenvalue weighted by Gasteiger charge is -2.19. The van der Waals surface area contributed by atoms with Crippen LogP contribution in [-0.4, -0.2) is 38.6 Å². The van der Waals surface area contributed by atoms with Crippen molar-refractivity contribution in [1.82, 2.24) is 10.6 Å². The van der Waals surface area contributed by atoms with Crippen molar-refractivity contribution in [3.05, 3.63) is 95.1 Å². The van der Waals surface area contributed by atoms with Crippen LogP contribution in [0.3, 0.4) is 0 Å². The van der Waals surface area contributed by atoms with Crippen molar-refractivity contribution in [3.63, 3.8) is 0 Å². The van der Waals surface area contributed by atoms with Crippen molar-refractivity contribution in [2.75, 3.05) is 20.8 Å². The molecule has 0 radical (unpaired) electrons. The van der Waals surface area contributed by atoms with E-state index in [0.29, 0.717) is 36.4 Å². The second kappa shape index (κ2) is 11.7. The molecule has 0 spiro atoms. The van der Waals surface area contributed by atoms with Crippen LogP contribution in [0.5, 0.6) is 11.5 Å². The minimum atomic E-state index is -0.688. The van der Waals surface area contributed by atoms with E-state index >= 15 is 0 Å². The Labute approximate surface area is 194 Å². The molecule has 2 N–H and O–H groups in total. The van der Waals surface area contributed by atoms with Crippen LogP contribution >= 0.6 is 0 Å². The first-order chi connectivity index (χ1) is 16.0. The van der Waals surface area contributed by atoms with Gasteiger partial charge in [0, 0.05) is 18.5 Å². The molecule has 2 amide bonds. The van der Waals surface area contributed by atoms with Crippen LogP contribution in [0.4, 0.5) is 0 Å². The summed E-state index contributed by atoms with van der Waals surface area (Å²) in [4.78, 5) is 25.8. The summed E-state index contributed by atoms with van der Waals surface area (Å²) in [6, 6.07) is 21.9. The van der Waals surface area contributed by atoms with E-state index in [0.717, 1.165) is 16.7 Å². The molecule has 0 saturated carbocycles. The third-order valence-electron chi connectivity index (χ3n) is 5.38. The minimum absolute atomic E-state index is 0.222. The standard InChI is InChI=1S/C27H30N2O4/c1-19-9-12-22(13-10-19)26(30)29-23(17-20-7-5-4-6-8-20)27(31)28-16-15-21-11-14-24(32-2)25(18-21)33-3/h4-14,18,23H,15-17H2,1-3H3,(H,28,31)(H,29,30). The Morgan fingerprint density at radius 2 is 1.55 bits per heavy atom. The van der Waals surface area contributed by atoms with Gasteiger partial charge >= 0.3 is 0 Å². The molecule has 0 bridgehead atoms. The Bertz CT molecular complexity index is 1070. The molecule has 0 aromatic heterocycles. The third-order valence-corrected chi connectivity index (χ3v) is 5.38. The van der Waals surface area contributed by atoms with Gasteiger partial charge in [-0.05, 0) is 48.7 Å². The van der Waals surface area contributed by atoms with E-state index in [1.807, 2.05) is 67.6 Å². The van der Waals surface area contributed by atoms with Gasteiger partial charge in [0.2, 0.25) is 5.91 Å². The molecular formula is C27H30N2O4. The molecule has 0 fully saturated rings. The van der Waals surface area contributed by atoms with E-state index in [2.05, 4.69) is 10.6 Å². The van der Waals surface area contributed by atoms with Gasteiger partial charge in [-0.1, -0.05) is 54.1 Å². The summed E-state index contributed by atoms with van der Waals surface area (Å²) in [5.41, 5.74) is 3.58. The highest BCUT2D eigenvalue weighted by Gasteiger charge is 2.21. The van der Waals surface area contributed by atoms with Crippen molar-refractivity contribution >= 4 is 11.8 Å². The van der Waals surface area contributed by atoms with Crippen LogP contribution in [0.1, 0.15) is 27.0 Å². The average Bonchev–Trinajstić information content (AvgIpc) is 2.84. The maximum atomic E-state index is 13.0. The number of carbonyl (C=O) groups is 2. The lowest BCUT2D eigenvalue weighted by Crippen LogP contribution is -2.48. The normalized spacial score (nSPS) is 11.4. The molecule has 0 aliphatic rings. The summed E-state index contributed by atoms with van der Waals surface area (Å²) in [5, 5.41) is 5.85. The first kappa shape index (κ1) is 23.9. The molecule has 6 nitrogen and oxygen atoms in total. The van der Waals surface area contributed by atoms with Gasteiger partial charge in [0.05, 0.1) is 14.2 Å². The number of hydrogen-bond acceptors (Lipinski definition) is 4. The summed E-state index contributed by atoms with van der Waals surface area (Å²) in [5.74, 6) is 0.812. The van der Waals surface area contributed by atoms with Gasteiger partial charge in [-0.3, -0.25) is 9.59 Å². The molecular weight excluding hydrogens is 416 g/mol. The predicted octanol–water partition coefficient (Wildman–Crippen LogP) is 3.71. The summed E-state index contributed by atoms with van der Waals surface area (Å²) in [6.45, 7) is 2.39. The SMILES string of the molecule is COc1ccc(CCNC(=O)C(Cc2ccccc2)NC(=O)c2ccc(C)cc2)cc1OC. The molecule has 3 rings (SSSR count). The fraction of sp³-hybridized carbons (Fsp3) is 0.259. The summed E-state index contributed by atoms with van der Waals surface area (Å²) in [7, 11) is 3.18. The highest BCUT2D eigenvalue weighted by atomic mass is 16.5. The summed E-state index contributed by atoms with van der Waals surface area (Å²) in [6.07, 6.45) is 1.02. The summed E-state index contributed by atoms with van der Waals surface area (Å²) >= 11 is 0. The zero-order chi connectivity index (χ0) is 23.6. The number of hydrogen-bond donors (Lipinski definition) is 2.